The van der Waals surface area contributed by atoms with Gasteiger partial charge in [0.15, 0.2) is 0 Å². The van der Waals surface area contributed by atoms with E-state index in [9.17, 15) is 9.59 Å². The fraction of sp³-hybridized carbons (Fsp3) is 0.455. The van der Waals surface area contributed by atoms with Gasteiger partial charge in [-0.1, -0.05) is 6.92 Å². The fourth-order valence-corrected chi connectivity index (χ4v) is 1.44. The molecule has 1 rings (SSSR count). The molecular weight excluding hydrogens is 222 g/mol. The topological polar surface area (TPSA) is 97.3 Å². The van der Waals surface area contributed by atoms with Crippen LogP contribution in [0.2, 0.25) is 0 Å². The lowest BCUT2D eigenvalue weighted by Crippen LogP contribution is -2.40. The van der Waals surface area contributed by atoms with E-state index in [0.717, 1.165) is 13.0 Å². The summed E-state index contributed by atoms with van der Waals surface area (Å²) in [6, 6.07) is 3.46. The van der Waals surface area contributed by atoms with Gasteiger partial charge in [-0.2, -0.15) is 0 Å². The van der Waals surface area contributed by atoms with Gasteiger partial charge in [0.1, 0.15) is 11.8 Å². The summed E-state index contributed by atoms with van der Waals surface area (Å²) < 4.78 is 1.81. The van der Waals surface area contributed by atoms with Crippen LogP contribution in [0.5, 0.6) is 0 Å². The van der Waals surface area contributed by atoms with E-state index < -0.39 is 12.0 Å². The molecule has 94 valence electrons. The number of rotatable bonds is 6. The first kappa shape index (κ1) is 13.2. The van der Waals surface area contributed by atoms with E-state index in [4.69, 9.17) is 10.8 Å². The van der Waals surface area contributed by atoms with Crippen LogP contribution in [0.25, 0.3) is 0 Å². The van der Waals surface area contributed by atoms with E-state index in [1.807, 2.05) is 17.7 Å². The molecule has 0 aliphatic heterocycles. The number of nitrogens with one attached hydrogen (secondary N) is 1. The predicted molar refractivity (Wildman–Crippen MR) is 62.3 cm³/mol. The largest absolute Gasteiger partial charge is 0.381 e. The van der Waals surface area contributed by atoms with Crippen molar-refractivity contribution in [2.75, 3.05) is 6.54 Å². The van der Waals surface area contributed by atoms with E-state index in [2.05, 4.69) is 5.32 Å². The Kier molecular flexibility index (Phi) is 4.71. The van der Waals surface area contributed by atoms with Gasteiger partial charge in [-0.25, -0.2) is 0 Å². The van der Waals surface area contributed by atoms with Crippen LogP contribution < -0.4 is 11.1 Å². The van der Waals surface area contributed by atoms with Crippen LogP contribution >= 0.6 is 0 Å². The SMILES string of the molecule is CCCn1cccc1C(=O)NCC(O)C(N)=O. The maximum atomic E-state index is 11.7. The number of hydrogen-bond donors (Lipinski definition) is 3. The third-order valence-corrected chi connectivity index (χ3v) is 2.31. The van der Waals surface area contributed by atoms with Gasteiger partial charge in [-0.05, 0) is 18.6 Å². The van der Waals surface area contributed by atoms with Crippen molar-refractivity contribution in [3.8, 4) is 0 Å². The minimum Gasteiger partial charge on any atom is -0.381 e. The summed E-state index contributed by atoms with van der Waals surface area (Å²) >= 11 is 0. The molecule has 4 N–H and O–H groups in total. The van der Waals surface area contributed by atoms with Crippen molar-refractivity contribution < 1.29 is 14.7 Å². The highest BCUT2D eigenvalue weighted by Gasteiger charge is 2.14. The summed E-state index contributed by atoms with van der Waals surface area (Å²) in [6.07, 6.45) is 1.37. The molecule has 0 aliphatic rings. The van der Waals surface area contributed by atoms with E-state index in [-0.39, 0.29) is 12.5 Å². The first-order valence-electron chi connectivity index (χ1n) is 5.47. The lowest BCUT2D eigenvalue weighted by atomic mass is 10.3. The molecule has 0 fully saturated rings. The van der Waals surface area contributed by atoms with Crippen LogP contribution in [-0.4, -0.2) is 34.1 Å². The summed E-state index contributed by atoms with van der Waals surface area (Å²) in [5, 5.41) is 11.6. The Balaban J connectivity index is 2.57. The van der Waals surface area contributed by atoms with Gasteiger partial charge >= 0.3 is 0 Å². The number of aliphatic hydroxyl groups excluding tert-OH is 1. The van der Waals surface area contributed by atoms with Gasteiger partial charge in [0.25, 0.3) is 5.91 Å². The molecule has 1 aromatic rings. The van der Waals surface area contributed by atoms with Crippen molar-refractivity contribution in [2.24, 2.45) is 5.73 Å². The predicted octanol–water partition coefficient (Wildman–Crippen LogP) is -0.526. The van der Waals surface area contributed by atoms with E-state index in [1.165, 1.54) is 0 Å². The second-order valence-corrected chi connectivity index (χ2v) is 3.72. The number of amides is 2. The Bertz CT molecular complexity index is 400. The number of hydrogen-bond acceptors (Lipinski definition) is 3. The highest BCUT2D eigenvalue weighted by molar-refractivity contribution is 5.93. The molecule has 0 spiro atoms. The molecule has 1 atom stereocenters. The lowest BCUT2D eigenvalue weighted by Gasteiger charge is -2.10. The molecule has 2 amide bonds. The van der Waals surface area contributed by atoms with Gasteiger partial charge in [0.2, 0.25) is 5.91 Å². The Morgan fingerprint density at radius 1 is 1.59 bits per heavy atom. The summed E-state index contributed by atoms with van der Waals surface area (Å²) in [6.45, 7) is 2.58. The van der Waals surface area contributed by atoms with E-state index in [0.29, 0.717) is 5.69 Å². The molecule has 0 bridgehead atoms. The van der Waals surface area contributed by atoms with Crippen molar-refractivity contribution in [1.29, 1.82) is 0 Å². The fourth-order valence-electron chi connectivity index (χ4n) is 1.44. The zero-order valence-corrected chi connectivity index (χ0v) is 9.72. The number of carbonyl (C=O) groups is 2. The second kappa shape index (κ2) is 6.05. The van der Waals surface area contributed by atoms with Gasteiger partial charge in [-0.3, -0.25) is 9.59 Å². The number of carbonyl (C=O) groups excluding carboxylic acids is 2. The first-order valence-corrected chi connectivity index (χ1v) is 5.47. The minimum atomic E-state index is -1.35. The maximum Gasteiger partial charge on any atom is 0.268 e. The molecule has 0 aromatic carbocycles. The Morgan fingerprint density at radius 2 is 2.29 bits per heavy atom. The molecule has 0 saturated carbocycles. The summed E-state index contributed by atoms with van der Waals surface area (Å²) in [7, 11) is 0. The molecule has 6 heteroatoms. The zero-order chi connectivity index (χ0) is 12.8. The quantitative estimate of drug-likeness (QED) is 0.622. The van der Waals surface area contributed by atoms with Crippen LogP contribution in [0, 0.1) is 0 Å². The number of aryl methyl sites for hydroxylation is 1. The molecule has 1 aromatic heterocycles. The average molecular weight is 239 g/mol. The standard InChI is InChI=1S/C11H17N3O3/c1-2-5-14-6-3-4-8(14)11(17)13-7-9(15)10(12)16/h3-4,6,9,15H,2,5,7H2,1H3,(H2,12,16)(H,13,17). The van der Waals surface area contributed by atoms with Gasteiger partial charge in [0.05, 0.1) is 6.54 Å². The average Bonchev–Trinajstić information content (AvgIpc) is 2.74. The van der Waals surface area contributed by atoms with Crippen molar-refractivity contribution >= 4 is 11.8 Å². The molecular formula is C11H17N3O3. The second-order valence-electron chi connectivity index (χ2n) is 3.72. The van der Waals surface area contributed by atoms with Crippen LogP contribution in [0.15, 0.2) is 18.3 Å². The highest BCUT2D eigenvalue weighted by Crippen LogP contribution is 2.03. The van der Waals surface area contributed by atoms with Crippen molar-refractivity contribution in [2.45, 2.75) is 26.0 Å². The number of aliphatic hydroxyl groups is 1. The monoisotopic (exact) mass is 239 g/mol. The number of aromatic nitrogens is 1. The highest BCUT2D eigenvalue weighted by atomic mass is 16.3. The molecule has 0 radical (unpaired) electrons. The van der Waals surface area contributed by atoms with Crippen LogP contribution in [0.4, 0.5) is 0 Å². The van der Waals surface area contributed by atoms with Gasteiger partial charge in [0, 0.05) is 12.7 Å². The summed E-state index contributed by atoms with van der Waals surface area (Å²) in [4.78, 5) is 22.3. The molecule has 1 unspecified atom stereocenters. The Morgan fingerprint density at radius 3 is 2.88 bits per heavy atom. The van der Waals surface area contributed by atoms with Gasteiger partial charge in [-0.15, -0.1) is 0 Å². The number of nitrogens with zero attached hydrogens (tertiary/aromatic N) is 1. The molecule has 1 heterocycles. The third kappa shape index (κ3) is 3.60. The number of nitrogens with two attached hydrogens (primary N) is 1. The van der Waals surface area contributed by atoms with Crippen molar-refractivity contribution in [1.82, 2.24) is 9.88 Å². The van der Waals surface area contributed by atoms with Crippen LogP contribution in [-0.2, 0) is 11.3 Å². The first-order chi connectivity index (χ1) is 8.06. The van der Waals surface area contributed by atoms with Gasteiger partial charge < -0.3 is 20.7 Å². The van der Waals surface area contributed by atoms with Crippen LogP contribution in [0.1, 0.15) is 23.8 Å². The Hall–Kier alpha value is -1.82. The lowest BCUT2D eigenvalue weighted by molar-refractivity contribution is -0.125. The molecule has 17 heavy (non-hydrogen) atoms. The number of primary amides is 1. The maximum absolute atomic E-state index is 11.7. The summed E-state index contributed by atoms with van der Waals surface area (Å²) in [5.74, 6) is -1.18. The minimum absolute atomic E-state index is 0.175. The molecule has 6 nitrogen and oxygen atoms in total. The zero-order valence-electron chi connectivity index (χ0n) is 9.72. The van der Waals surface area contributed by atoms with E-state index >= 15 is 0 Å². The third-order valence-electron chi connectivity index (χ3n) is 2.31. The van der Waals surface area contributed by atoms with E-state index in [1.54, 1.807) is 12.1 Å². The smallest absolute Gasteiger partial charge is 0.268 e. The molecule has 0 saturated heterocycles. The Labute approximate surface area is 99.4 Å². The molecule has 0 aliphatic carbocycles. The van der Waals surface area contributed by atoms with Crippen LogP contribution in [0.3, 0.4) is 0 Å². The van der Waals surface area contributed by atoms with Crippen molar-refractivity contribution in [3.05, 3.63) is 24.0 Å². The summed E-state index contributed by atoms with van der Waals surface area (Å²) in [5.41, 5.74) is 5.38. The van der Waals surface area contributed by atoms with Crippen molar-refractivity contribution in [3.63, 3.8) is 0 Å². The normalized spacial score (nSPS) is 12.1.